The van der Waals surface area contributed by atoms with Gasteiger partial charge in [0.15, 0.2) is 17.1 Å². The maximum absolute atomic E-state index is 12.7. The number of fused-ring (bicyclic) bond motifs is 1. The fourth-order valence-electron chi connectivity index (χ4n) is 3.49. The molecule has 1 aliphatic heterocycles. The first-order chi connectivity index (χ1) is 14.1. The van der Waals surface area contributed by atoms with Gasteiger partial charge in [0.05, 0.1) is 5.75 Å². The van der Waals surface area contributed by atoms with Gasteiger partial charge in [0.25, 0.3) is 0 Å². The number of benzene rings is 2. The van der Waals surface area contributed by atoms with Crippen LogP contribution in [0.3, 0.4) is 0 Å². The van der Waals surface area contributed by atoms with Gasteiger partial charge in [-0.2, -0.15) is 0 Å². The molecule has 1 aliphatic rings. The van der Waals surface area contributed by atoms with Crippen molar-refractivity contribution < 1.29 is 9.53 Å². The second-order valence-electron chi connectivity index (χ2n) is 7.10. The van der Waals surface area contributed by atoms with Crippen molar-refractivity contribution >= 4 is 17.7 Å². The third-order valence-corrected chi connectivity index (χ3v) is 6.10. The van der Waals surface area contributed by atoms with Gasteiger partial charge in [-0.1, -0.05) is 54.2 Å². The Morgan fingerprint density at radius 3 is 2.62 bits per heavy atom. The average Bonchev–Trinajstić information content (AvgIpc) is 3.12. The first kappa shape index (κ1) is 19.5. The lowest BCUT2D eigenvalue weighted by Crippen LogP contribution is -2.37. The van der Waals surface area contributed by atoms with Crippen molar-refractivity contribution in [3.05, 3.63) is 71.5 Å². The summed E-state index contributed by atoms with van der Waals surface area (Å²) in [5.41, 5.74) is 2.58. The predicted octanol–water partition coefficient (Wildman–Crippen LogP) is 3.63. The molecule has 0 saturated heterocycles. The number of carbonyl (C=O) groups is 1. The van der Waals surface area contributed by atoms with Gasteiger partial charge in [-0.05, 0) is 36.6 Å². The molecule has 7 heteroatoms. The summed E-state index contributed by atoms with van der Waals surface area (Å²) in [7, 11) is 1.91. The van der Waals surface area contributed by atoms with Gasteiger partial charge in [0.2, 0.25) is 5.91 Å². The van der Waals surface area contributed by atoms with E-state index in [0.29, 0.717) is 17.5 Å². The Hall–Kier alpha value is -2.80. The van der Waals surface area contributed by atoms with E-state index in [4.69, 9.17) is 4.74 Å². The number of ether oxygens (including phenoxy) is 1. The van der Waals surface area contributed by atoms with Gasteiger partial charge in [-0.15, -0.1) is 10.2 Å². The van der Waals surface area contributed by atoms with Gasteiger partial charge >= 0.3 is 0 Å². The Bertz CT molecular complexity index is 989. The normalized spacial score (nSPS) is 14.3. The van der Waals surface area contributed by atoms with E-state index in [2.05, 4.69) is 28.4 Å². The van der Waals surface area contributed by atoms with Crippen molar-refractivity contribution in [2.75, 3.05) is 12.3 Å². The molecule has 0 spiro atoms. The molecule has 6 nitrogen and oxygen atoms in total. The lowest BCUT2D eigenvalue weighted by molar-refractivity contribution is -0.129. The summed E-state index contributed by atoms with van der Waals surface area (Å²) in [5, 5.41) is 9.25. The highest BCUT2D eigenvalue weighted by molar-refractivity contribution is 7.99. The van der Waals surface area contributed by atoms with E-state index in [-0.39, 0.29) is 12.0 Å². The molecule has 0 aliphatic carbocycles. The van der Waals surface area contributed by atoms with Gasteiger partial charge in [-0.25, -0.2) is 0 Å². The summed E-state index contributed by atoms with van der Waals surface area (Å²) >= 11 is 1.42. The molecule has 2 heterocycles. The molecule has 3 aromatic rings. The summed E-state index contributed by atoms with van der Waals surface area (Å²) in [5.74, 6) is 2.00. The van der Waals surface area contributed by atoms with Crippen LogP contribution in [-0.2, 0) is 24.8 Å². The van der Waals surface area contributed by atoms with Crippen molar-refractivity contribution in [2.24, 2.45) is 7.05 Å². The van der Waals surface area contributed by atoms with Crippen LogP contribution in [0.1, 0.15) is 30.0 Å². The van der Waals surface area contributed by atoms with Crippen molar-refractivity contribution in [2.45, 2.75) is 31.1 Å². The number of aromatic nitrogens is 3. The van der Waals surface area contributed by atoms with E-state index in [1.807, 2.05) is 59.8 Å². The minimum atomic E-state index is -0.237. The van der Waals surface area contributed by atoms with E-state index in [1.54, 1.807) is 0 Å². The highest BCUT2D eigenvalue weighted by Gasteiger charge is 2.22. The van der Waals surface area contributed by atoms with Crippen LogP contribution in [0.25, 0.3) is 0 Å². The molecule has 0 fully saturated rings. The van der Waals surface area contributed by atoms with E-state index < -0.39 is 0 Å². The second-order valence-corrected chi connectivity index (χ2v) is 8.04. The van der Waals surface area contributed by atoms with E-state index in [1.165, 1.54) is 22.9 Å². The number of hydrogen-bond donors (Lipinski definition) is 0. The topological polar surface area (TPSA) is 60.3 Å². The predicted molar refractivity (Wildman–Crippen MR) is 113 cm³/mol. The number of carbonyl (C=O) groups excluding carboxylic acids is 1. The molecule has 1 aromatic heterocycles. The van der Waals surface area contributed by atoms with Crippen molar-refractivity contribution in [1.29, 1.82) is 0 Å². The monoisotopic (exact) mass is 408 g/mol. The molecule has 0 unspecified atom stereocenters. The van der Waals surface area contributed by atoms with Crippen LogP contribution in [0.15, 0.2) is 59.8 Å². The zero-order valence-corrected chi connectivity index (χ0v) is 17.4. The molecular formula is C22H24N4O2S. The maximum Gasteiger partial charge on any atom is 0.233 e. The van der Waals surface area contributed by atoms with Crippen LogP contribution in [0.2, 0.25) is 0 Å². The lowest BCUT2D eigenvalue weighted by Gasteiger charge is -2.28. The molecule has 0 N–H and O–H groups in total. The highest BCUT2D eigenvalue weighted by atomic mass is 32.2. The number of nitrogens with zero attached hydrogens (tertiary/aromatic N) is 4. The zero-order valence-electron chi connectivity index (χ0n) is 16.6. The maximum atomic E-state index is 12.7. The van der Waals surface area contributed by atoms with E-state index in [9.17, 15) is 4.79 Å². The Morgan fingerprint density at radius 1 is 1.10 bits per heavy atom. The molecule has 0 saturated carbocycles. The summed E-state index contributed by atoms with van der Waals surface area (Å²) in [6.45, 7) is 3.39. The Balaban J connectivity index is 1.35. The standard InChI is InChI=1S/C22H24N4O2S/c1-16(28-19-10-4-3-5-11-19)21-23-24-22(25(21)2)29-15-20(27)26-13-12-17-8-6-7-9-18(17)14-26/h3-11,16H,12-15H2,1-2H3/t16-/m1/s1. The van der Waals surface area contributed by atoms with E-state index >= 15 is 0 Å². The molecule has 0 radical (unpaired) electrons. The molecule has 4 rings (SSSR count). The molecule has 2 aromatic carbocycles. The number of amides is 1. The smallest absolute Gasteiger partial charge is 0.233 e. The van der Waals surface area contributed by atoms with Crippen molar-refractivity contribution in [3.63, 3.8) is 0 Å². The lowest BCUT2D eigenvalue weighted by atomic mass is 10.00. The quantitative estimate of drug-likeness (QED) is 0.583. The van der Waals surface area contributed by atoms with Crippen LogP contribution < -0.4 is 4.74 Å². The van der Waals surface area contributed by atoms with E-state index in [0.717, 1.165) is 24.5 Å². The van der Waals surface area contributed by atoms with Crippen molar-refractivity contribution in [1.82, 2.24) is 19.7 Å². The summed E-state index contributed by atoms with van der Waals surface area (Å²) in [6.07, 6.45) is 0.674. The zero-order chi connectivity index (χ0) is 20.2. The third-order valence-electron chi connectivity index (χ3n) is 5.10. The largest absolute Gasteiger partial charge is 0.483 e. The SMILES string of the molecule is C[C@@H](Oc1ccccc1)c1nnc(SCC(=O)N2CCc3ccccc3C2)n1C. The number of para-hydroxylation sites is 1. The van der Waals surface area contributed by atoms with Crippen LogP contribution in [0.4, 0.5) is 0 Å². The third kappa shape index (κ3) is 4.45. The summed E-state index contributed by atoms with van der Waals surface area (Å²) < 4.78 is 7.84. The Labute approximate surface area is 174 Å². The van der Waals surface area contributed by atoms with Gasteiger partial charge in [-0.3, -0.25) is 4.79 Å². The first-order valence-corrected chi connectivity index (χ1v) is 10.7. The van der Waals surface area contributed by atoms with Crippen LogP contribution in [-0.4, -0.2) is 37.9 Å². The van der Waals surface area contributed by atoms with Crippen LogP contribution in [0.5, 0.6) is 5.75 Å². The molecular weight excluding hydrogens is 384 g/mol. The number of thioether (sulfide) groups is 1. The van der Waals surface area contributed by atoms with Crippen molar-refractivity contribution in [3.8, 4) is 5.75 Å². The summed E-state index contributed by atoms with van der Waals surface area (Å²) in [6, 6.07) is 18.0. The highest BCUT2D eigenvalue weighted by Crippen LogP contribution is 2.24. The average molecular weight is 409 g/mol. The Morgan fingerprint density at radius 2 is 1.83 bits per heavy atom. The van der Waals surface area contributed by atoms with Gasteiger partial charge < -0.3 is 14.2 Å². The fraction of sp³-hybridized carbons (Fsp3) is 0.318. The first-order valence-electron chi connectivity index (χ1n) is 9.70. The van der Waals surface area contributed by atoms with Crippen LogP contribution >= 0.6 is 11.8 Å². The molecule has 1 atom stereocenters. The molecule has 0 bridgehead atoms. The number of rotatable bonds is 6. The van der Waals surface area contributed by atoms with Gasteiger partial charge in [0.1, 0.15) is 5.75 Å². The second kappa shape index (κ2) is 8.69. The summed E-state index contributed by atoms with van der Waals surface area (Å²) in [4.78, 5) is 14.6. The molecule has 1 amide bonds. The molecule has 150 valence electrons. The minimum absolute atomic E-state index is 0.127. The van der Waals surface area contributed by atoms with Gasteiger partial charge in [0, 0.05) is 20.1 Å². The number of hydrogen-bond acceptors (Lipinski definition) is 5. The minimum Gasteiger partial charge on any atom is -0.483 e. The van der Waals surface area contributed by atoms with Crippen LogP contribution in [0, 0.1) is 0 Å². The Kier molecular flexibility index (Phi) is 5.85. The fourth-order valence-corrected chi connectivity index (χ4v) is 4.31. The molecule has 29 heavy (non-hydrogen) atoms.